The summed E-state index contributed by atoms with van der Waals surface area (Å²) in [5, 5.41) is 13.8. The Kier molecular flexibility index (Phi) is 2.25. The maximum absolute atomic E-state index is 11.9. The molecule has 0 bridgehead atoms. The van der Waals surface area contributed by atoms with Gasteiger partial charge in [0.1, 0.15) is 0 Å². The Morgan fingerprint density at radius 1 is 1.35 bits per heavy atom. The van der Waals surface area contributed by atoms with Gasteiger partial charge in [-0.25, -0.2) is 0 Å². The van der Waals surface area contributed by atoms with Crippen molar-refractivity contribution in [2.24, 2.45) is 0 Å². The van der Waals surface area contributed by atoms with Crippen LogP contribution < -0.4 is 5.43 Å². The number of tetrazole rings is 1. The van der Waals surface area contributed by atoms with Crippen molar-refractivity contribution in [1.82, 2.24) is 20.6 Å². The lowest BCUT2D eigenvalue weighted by atomic mass is 10.2. The third-order valence-corrected chi connectivity index (χ3v) is 2.90. The zero-order chi connectivity index (χ0) is 11.8. The number of benzene rings is 1. The van der Waals surface area contributed by atoms with Gasteiger partial charge >= 0.3 is 0 Å². The van der Waals surface area contributed by atoms with Gasteiger partial charge in [0.15, 0.2) is 16.8 Å². The van der Waals surface area contributed by atoms with Crippen molar-refractivity contribution in [3.63, 3.8) is 0 Å². The largest absolute Gasteiger partial charge is 0.451 e. The Morgan fingerprint density at radius 3 is 3.00 bits per heavy atom. The third kappa shape index (κ3) is 1.64. The highest BCUT2D eigenvalue weighted by Crippen LogP contribution is 2.24. The van der Waals surface area contributed by atoms with Gasteiger partial charge in [0, 0.05) is 6.07 Å². The molecule has 3 rings (SSSR count). The number of fused-ring (bicyclic) bond motifs is 1. The minimum absolute atomic E-state index is 0.146. The SMILES string of the molecule is O=c1cc(-c2nn[nH]n2)oc2c(Br)cccc12. The van der Waals surface area contributed by atoms with Crippen LogP contribution in [-0.2, 0) is 0 Å². The number of rotatable bonds is 1. The molecule has 0 aliphatic heterocycles. The molecule has 3 aromatic rings. The summed E-state index contributed by atoms with van der Waals surface area (Å²) in [6, 6.07) is 6.62. The maximum atomic E-state index is 11.9. The molecule has 0 spiro atoms. The number of hydrogen-bond donors (Lipinski definition) is 1. The zero-order valence-electron chi connectivity index (χ0n) is 8.35. The van der Waals surface area contributed by atoms with Crippen LogP contribution in [0.4, 0.5) is 0 Å². The van der Waals surface area contributed by atoms with Crippen molar-refractivity contribution >= 4 is 26.9 Å². The Hall–Kier alpha value is -2.02. The first kappa shape index (κ1) is 10.2. The van der Waals surface area contributed by atoms with Crippen LogP contribution in [0.3, 0.4) is 0 Å². The fourth-order valence-electron chi connectivity index (χ4n) is 1.52. The molecular weight excluding hydrogens is 288 g/mol. The summed E-state index contributed by atoms with van der Waals surface area (Å²) in [6.07, 6.45) is 0. The van der Waals surface area contributed by atoms with Gasteiger partial charge in [0.05, 0.1) is 9.86 Å². The summed E-state index contributed by atoms with van der Waals surface area (Å²) >= 11 is 3.33. The number of aromatic nitrogens is 4. The smallest absolute Gasteiger partial charge is 0.239 e. The van der Waals surface area contributed by atoms with E-state index in [-0.39, 0.29) is 17.0 Å². The zero-order valence-corrected chi connectivity index (χ0v) is 9.93. The molecule has 2 aromatic heterocycles. The molecule has 17 heavy (non-hydrogen) atoms. The molecule has 2 heterocycles. The number of nitrogens with zero attached hydrogens (tertiary/aromatic N) is 3. The molecule has 0 saturated carbocycles. The molecule has 0 radical (unpaired) electrons. The molecule has 84 valence electrons. The van der Waals surface area contributed by atoms with Crippen molar-refractivity contribution in [3.05, 3.63) is 39.0 Å². The summed E-state index contributed by atoms with van der Waals surface area (Å²) in [4.78, 5) is 11.9. The molecule has 1 N–H and O–H groups in total. The van der Waals surface area contributed by atoms with E-state index in [0.717, 1.165) is 0 Å². The normalized spacial score (nSPS) is 10.9. The van der Waals surface area contributed by atoms with E-state index < -0.39 is 0 Å². The fourth-order valence-corrected chi connectivity index (χ4v) is 1.97. The van der Waals surface area contributed by atoms with Crippen molar-refractivity contribution in [1.29, 1.82) is 0 Å². The number of hydrogen-bond acceptors (Lipinski definition) is 5. The molecule has 7 heteroatoms. The molecule has 0 saturated heterocycles. The lowest BCUT2D eigenvalue weighted by molar-refractivity contribution is 0.611. The molecule has 0 atom stereocenters. The second-order valence-electron chi connectivity index (χ2n) is 3.33. The van der Waals surface area contributed by atoms with Crippen molar-refractivity contribution in [2.45, 2.75) is 0 Å². The predicted octanol–water partition coefficient (Wildman–Crippen LogP) is 1.74. The standard InChI is InChI=1S/C10H5BrN4O2/c11-6-3-1-2-5-7(16)4-8(17-9(5)6)10-12-14-15-13-10/h1-4H,(H,12,13,14,15). The van der Waals surface area contributed by atoms with Crippen LogP contribution in [0, 0.1) is 0 Å². The quantitative estimate of drug-likeness (QED) is 0.738. The van der Waals surface area contributed by atoms with E-state index in [1.54, 1.807) is 18.2 Å². The van der Waals surface area contributed by atoms with E-state index in [9.17, 15) is 4.79 Å². The van der Waals surface area contributed by atoms with Crippen LogP contribution >= 0.6 is 15.9 Å². The molecule has 0 fully saturated rings. The minimum Gasteiger partial charge on any atom is -0.451 e. The van der Waals surface area contributed by atoms with Gasteiger partial charge in [-0.15, -0.1) is 10.2 Å². The maximum Gasteiger partial charge on any atom is 0.239 e. The summed E-state index contributed by atoms with van der Waals surface area (Å²) in [6.45, 7) is 0. The van der Waals surface area contributed by atoms with E-state index in [0.29, 0.717) is 15.4 Å². The van der Waals surface area contributed by atoms with E-state index in [4.69, 9.17) is 4.42 Å². The van der Waals surface area contributed by atoms with Crippen LogP contribution in [0.2, 0.25) is 0 Å². The highest BCUT2D eigenvalue weighted by Gasteiger charge is 2.11. The number of H-pyrrole nitrogens is 1. The number of para-hydroxylation sites is 1. The first-order valence-electron chi connectivity index (χ1n) is 4.72. The Bertz CT molecular complexity index is 736. The number of aromatic amines is 1. The molecular formula is C10H5BrN4O2. The molecule has 0 amide bonds. The van der Waals surface area contributed by atoms with Crippen molar-refractivity contribution in [2.75, 3.05) is 0 Å². The Labute approximate surface area is 103 Å². The average Bonchev–Trinajstić information content (AvgIpc) is 2.84. The highest BCUT2D eigenvalue weighted by molar-refractivity contribution is 9.10. The van der Waals surface area contributed by atoms with Gasteiger partial charge in [0.2, 0.25) is 5.82 Å². The predicted molar refractivity (Wildman–Crippen MR) is 63.4 cm³/mol. The summed E-state index contributed by atoms with van der Waals surface area (Å²) in [7, 11) is 0. The molecule has 0 aliphatic carbocycles. The monoisotopic (exact) mass is 292 g/mol. The Balaban J connectivity index is 2.38. The van der Waals surface area contributed by atoms with Gasteiger partial charge < -0.3 is 4.42 Å². The number of nitrogens with one attached hydrogen (secondary N) is 1. The molecule has 0 aliphatic rings. The molecule has 1 aromatic carbocycles. The lowest BCUT2D eigenvalue weighted by Gasteiger charge is -2.00. The van der Waals surface area contributed by atoms with E-state index >= 15 is 0 Å². The van der Waals surface area contributed by atoms with E-state index in [2.05, 4.69) is 36.6 Å². The summed E-state index contributed by atoms with van der Waals surface area (Å²) < 4.78 is 6.29. The van der Waals surface area contributed by atoms with E-state index in [1.165, 1.54) is 6.07 Å². The second kappa shape index (κ2) is 3.77. The molecule has 0 unspecified atom stereocenters. The highest BCUT2D eigenvalue weighted by atomic mass is 79.9. The Morgan fingerprint density at radius 2 is 2.24 bits per heavy atom. The first-order valence-corrected chi connectivity index (χ1v) is 5.51. The second-order valence-corrected chi connectivity index (χ2v) is 4.18. The lowest BCUT2D eigenvalue weighted by Crippen LogP contribution is -2.01. The summed E-state index contributed by atoms with van der Waals surface area (Å²) in [5.41, 5.74) is 0.326. The third-order valence-electron chi connectivity index (χ3n) is 2.27. The fraction of sp³-hybridized carbons (Fsp3) is 0. The summed E-state index contributed by atoms with van der Waals surface area (Å²) in [5.74, 6) is 0.530. The van der Waals surface area contributed by atoms with Gasteiger partial charge in [-0.1, -0.05) is 6.07 Å². The molecule has 6 nitrogen and oxygen atoms in total. The van der Waals surface area contributed by atoms with Crippen molar-refractivity contribution < 1.29 is 4.42 Å². The van der Waals surface area contributed by atoms with Gasteiger partial charge in [-0.2, -0.15) is 5.21 Å². The van der Waals surface area contributed by atoms with Crippen molar-refractivity contribution in [3.8, 4) is 11.6 Å². The van der Waals surface area contributed by atoms with Gasteiger partial charge in [-0.3, -0.25) is 4.79 Å². The minimum atomic E-state index is -0.146. The van der Waals surface area contributed by atoms with Crippen LogP contribution in [0.25, 0.3) is 22.6 Å². The van der Waals surface area contributed by atoms with Crippen LogP contribution in [0.15, 0.2) is 37.9 Å². The van der Waals surface area contributed by atoms with Crippen LogP contribution in [-0.4, -0.2) is 20.6 Å². The first-order chi connectivity index (χ1) is 8.25. The van der Waals surface area contributed by atoms with Crippen LogP contribution in [0.1, 0.15) is 0 Å². The van der Waals surface area contributed by atoms with Crippen LogP contribution in [0.5, 0.6) is 0 Å². The van der Waals surface area contributed by atoms with Gasteiger partial charge in [-0.05, 0) is 33.3 Å². The number of halogens is 1. The van der Waals surface area contributed by atoms with Gasteiger partial charge in [0.25, 0.3) is 0 Å². The topological polar surface area (TPSA) is 84.7 Å². The average molecular weight is 293 g/mol. The van der Waals surface area contributed by atoms with E-state index in [1.807, 2.05) is 0 Å².